The summed E-state index contributed by atoms with van der Waals surface area (Å²) in [6.07, 6.45) is 2.36. The maximum Gasteiger partial charge on any atom is 0.330 e. The highest BCUT2D eigenvalue weighted by Crippen LogP contribution is 2.23. The summed E-state index contributed by atoms with van der Waals surface area (Å²) in [7, 11) is 0. The van der Waals surface area contributed by atoms with Gasteiger partial charge in [-0.3, -0.25) is 0 Å². The SMILES string of the molecule is C=CC(=O)OCC1OCC1CC. The van der Waals surface area contributed by atoms with Crippen molar-refractivity contribution < 1.29 is 14.3 Å². The molecule has 0 aliphatic carbocycles. The number of esters is 1. The van der Waals surface area contributed by atoms with Crippen molar-refractivity contribution in [1.82, 2.24) is 0 Å². The second-order valence-electron chi connectivity index (χ2n) is 2.87. The first kappa shape index (κ1) is 9.26. The zero-order chi connectivity index (χ0) is 8.97. The van der Waals surface area contributed by atoms with Crippen LogP contribution in [0.25, 0.3) is 0 Å². The minimum atomic E-state index is -0.375. The van der Waals surface area contributed by atoms with E-state index in [-0.39, 0.29) is 12.1 Å². The summed E-state index contributed by atoms with van der Waals surface area (Å²) >= 11 is 0. The molecule has 1 heterocycles. The van der Waals surface area contributed by atoms with E-state index in [2.05, 4.69) is 13.5 Å². The number of ether oxygens (including phenoxy) is 2. The first-order valence-corrected chi connectivity index (χ1v) is 4.18. The molecule has 2 atom stereocenters. The zero-order valence-electron chi connectivity index (χ0n) is 7.29. The average Bonchev–Trinajstić information content (AvgIpc) is 2.03. The van der Waals surface area contributed by atoms with Crippen LogP contribution in [0.5, 0.6) is 0 Å². The molecule has 0 saturated carbocycles. The van der Waals surface area contributed by atoms with E-state index in [1.807, 2.05) is 0 Å². The lowest BCUT2D eigenvalue weighted by Crippen LogP contribution is -2.42. The number of hydrogen-bond acceptors (Lipinski definition) is 3. The van der Waals surface area contributed by atoms with E-state index in [1.54, 1.807) is 0 Å². The predicted octanol–water partition coefficient (Wildman–Crippen LogP) is 1.14. The first-order chi connectivity index (χ1) is 5.77. The van der Waals surface area contributed by atoms with E-state index in [0.717, 1.165) is 13.0 Å². The molecule has 0 radical (unpaired) electrons. The third kappa shape index (κ3) is 2.08. The van der Waals surface area contributed by atoms with Gasteiger partial charge in [0.25, 0.3) is 0 Å². The molecule has 0 aromatic heterocycles. The molecule has 2 unspecified atom stereocenters. The molecule has 0 N–H and O–H groups in total. The fraction of sp³-hybridized carbons (Fsp3) is 0.667. The molecule has 3 nitrogen and oxygen atoms in total. The summed E-state index contributed by atoms with van der Waals surface area (Å²) in [5, 5.41) is 0. The number of carbonyl (C=O) groups is 1. The van der Waals surface area contributed by atoms with Gasteiger partial charge in [-0.25, -0.2) is 4.79 Å². The van der Waals surface area contributed by atoms with Crippen molar-refractivity contribution in [3.05, 3.63) is 12.7 Å². The number of carbonyl (C=O) groups excluding carboxylic acids is 1. The highest BCUT2D eigenvalue weighted by molar-refractivity contribution is 5.81. The molecule has 12 heavy (non-hydrogen) atoms. The molecule has 0 bridgehead atoms. The van der Waals surface area contributed by atoms with Gasteiger partial charge in [0.2, 0.25) is 0 Å². The van der Waals surface area contributed by atoms with Gasteiger partial charge in [0.1, 0.15) is 6.61 Å². The van der Waals surface area contributed by atoms with Crippen molar-refractivity contribution in [2.75, 3.05) is 13.2 Å². The highest BCUT2D eigenvalue weighted by atomic mass is 16.6. The standard InChI is InChI=1S/C9H14O3/c1-3-7-5-11-8(7)6-12-9(10)4-2/h4,7-8H,2-3,5-6H2,1H3. The van der Waals surface area contributed by atoms with Gasteiger partial charge in [0, 0.05) is 12.0 Å². The van der Waals surface area contributed by atoms with Crippen molar-refractivity contribution in [2.45, 2.75) is 19.4 Å². The van der Waals surface area contributed by atoms with Crippen LogP contribution in [-0.4, -0.2) is 25.3 Å². The Kier molecular flexibility index (Phi) is 3.29. The molecule has 1 saturated heterocycles. The molecule has 1 aliphatic rings. The van der Waals surface area contributed by atoms with E-state index in [0.29, 0.717) is 12.5 Å². The van der Waals surface area contributed by atoms with Gasteiger partial charge in [-0.1, -0.05) is 13.5 Å². The highest BCUT2D eigenvalue weighted by Gasteiger charge is 2.31. The van der Waals surface area contributed by atoms with Crippen LogP contribution in [0.1, 0.15) is 13.3 Å². The van der Waals surface area contributed by atoms with Crippen LogP contribution in [0, 0.1) is 5.92 Å². The van der Waals surface area contributed by atoms with Crippen LogP contribution in [0.2, 0.25) is 0 Å². The normalized spacial score (nSPS) is 27.4. The van der Waals surface area contributed by atoms with Crippen LogP contribution in [0.3, 0.4) is 0 Å². The molecule has 1 rings (SSSR count). The Morgan fingerprint density at radius 1 is 1.83 bits per heavy atom. The van der Waals surface area contributed by atoms with Gasteiger partial charge in [-0.2, -0.15) is 0 Å². The van der Waals surface area contributed by atoms with Gasteiger partial charge in [0.05, 0.1) is 12.7 Å². The monoisotopic (exact) mass is 170 g/mol. The fourth-order valence-electron chi connectivity index (χ4n) is 1.16. The number of hydrogen-bond donors (Lipinski definition) is 0. The lowest BCUT2D eigenvalue weighted by atomic mass is 9.96. The van der Waals surface area contributed by atoms with Crippen molar-refractivity contribution in [2.24, 2.45) is 5.92 Å². The van der Waals surface area contributed by atoms with Crippen LogP contribution in [0.4, 0.5) is 0 Å². The summed E-state index contributed by atoms with van der Waals surface area (Å²) in [5.41, 5.74) is 0. The van der Waals surface area contributed by atoms with Gasteiger partial charge in [-0.15, -0.1) is 0 Å². The maximum atomic E-state index is 10.7. The third-order valence-corrected chi connectivity index (χ3v) is 2.13. The third-order valence-electron chi connectivity index (χ3n) is 2.13. The van der Waals surface area contributed by atoms with E-state index >= 15 is 0 Å². The second-order valence-corrected chi connectivity index (χ2v) is 2.87. The molecule has 0 aromatic rings. The molecule has 0 amide bonds. The summed E-state index contributed by atoms with van der Waals surface area (Å²) in [6.45, 7) is 6.58. The molecule has 1 fully saturated rings. The van der Waals surface area contributed by atoms with Gasteiger partial charge < -0.3 is 9.47 Å². The van der Waals surface area contributed by atoms with Gasteiger partial charge in [0.15, 0.2) is 0 Å². The van der Waals surface area contributed by atoms with Gasteiger partial charge in [-0.05, 0) is 6.42 Å². The maximum absolute atomic E-state index is 10.7. The summed E-state index contributed by atoms with van der Waals surface area (Å²) in [6, 6.07) is 0. The minimum Gasteiger partial charge on any atom is -0.460 e. The predicted molar refractivity (Wildman–Crippen MR) is 44.7 cm³/mol. The van der Waals surface area contributed by atoms with E-state index in [9.17, 15) is 4.79 Å². The minimum absolute atomic E-state index is 0.110. The average molecular weight is 170 g/mol. The smallest absolute Gasteiger partial charge is 0.330 e. The first-order valence-electron chi connectivity index (χ1n) is 4.18. The van der Waals surface area contributed by atoms with E-state index in [4.69, 9.17) is 9.47 Å². The van der Waals surface area contributed by atoms with Gasteiger partial charge >= 0.3 is 5.97 Å². The second kappa shape index (κ2) is 4.26. The molecule has 68 valence electrons. The Bertz CT molecular complexity index is 175. The quantitative estimate of drug-likeness (QED) is 0.469. The lowest BCUT2D eigenvalue weighted by molar-refractivity contribution is -0.163. The molecule has 0 aromatic carbocycles. The topological polar surface area (TPSA) is 35.5 Å². The Balaban J connectivity index is 2.15. The number of rotatable bonds is 4. The van der Waals surface area contributed by atoms with Crippen LogP contribution in [-0.2, 0) is 14.3 Å². The van der Waals surface area contributed by atoms with E-state index in [1.165, 1.54) is 6.08 Å². The summed E-state index contributed by atoms with van der Waals surface area (Å²) < 4.78 is 10.1. The Hall–Kier alpha value is -0.830. The van der Waals surface area contributed by atoms with Crippen LogP contribution in [0.15, 0.2) is 12.7 Å². The largest absolute Gasteiger partial charge is 0.460 e. The molecule has 1 aliphatic heterocycles. The Morgan fingerprint density at radius 2 is 2.58 bits per heavy atom. The van der Waals surface area contributed by atoms with Crippen molar-refractivity contribution >= 4 is 5.97 Å². The molecular formula is C9H14O3. The summed E-state index contributed by atoms with van der Waals surface area (Å²) in [4.78, 5) is 10.7. The van der Waals surface area contributed by atoms with Crippen molar-refractivity contribution in [3.8, 4) is 0 Å². The molecule has 0 spiro atoms. The zero-order valence-corrected chi connectivity index (χ0v) is 7.29. The van der Waals surface area contributed by atoms with Crippen LogP contribution < -0.4 is 0 Å². The Labute approximate surface area is 72.4 Å². The van der Waals surface area contributed by atoms with Crippen molar-refractivity contribution in [3.63, 3.8) is 0 Å². The fourth-order valence-corrected chi connectivity index (χ4v) is 1.16. The van der Waals surface area contributed by atoms with E-state index < -0.39 is 0 Å². The summed E-state index contributed by atoms with van der Waals surface area (Å²) in [5.74, 6) is 0.183. The van der Waals surface area contributed by atoms with Crippen molar-refractivity contribution in [1.29, 1.82) is 0 Å². The Morgan fingerprint density at radius 3 is 3.00 bits per heavy atom. The molecule has 3 heteroatoms. The lowest BCUT2D eigenvalue weighted by Gasteiger charge is -2.35. The molecular weight excluding hydrogens is 156 g/mol. The van der Waals surface area contributed by atoms with Crippen LogP contribution >= 0.6 is 0 Å².